The average Bonchev–Trinajstić information content (AvgIpc) is 3.38. The van der Waals surface area contributed by atoms with E-state index in [1.807, 2.05) is 32.0 Å². The van der Waals surface area contributed by atoms with Crippen LogP contribution in [0.15, 0.2) is 58.4 Å². The highest BCUT2D eigenvalue weighted by atomic mass is 16.5. The first-order valence-electron chi connectivity index (χ1n) is 9.12. The number of oxazole rings is 1. The summed E-state index contributed by atoms with van der Waals surface area (Å²) in [6.45, 7) is 5.18. The van der Waals surface area contributed by atoms with Gasteiger partial charge in [-0.25, -0.2) is 9.78 Å². The lowest BCUT2D eigenvalue weighted by Crippen LogP contribution is -2.16. The summed E-state index contributed by atoms with van der Waals surface area (Å²) < 4.78 is 12.5. The Kier molecular flexibility index (Phi) is 5.21. The monoisotopic (exact) mass is 392 g/mol. The van der Waals surface area contributed by atoms with Gasteiger partial charge in [0.2, 0.25) is 0 Å². The zero-order valence-corrected chi connectivity index (χ0v) is 16.0. The summed E-state index contributed by atoms with van der Waals surface area (Å²) in [7, 11) is 0. The Balaban J connectivity index is 1.57. The van der Waals surface area contributed by atoms with Crippen LogP contribution in [0.2, 0.25) is 0 Å². The molecule has 9 nitrogen and oxygen atoms in total. The second kappa shape index (κ2) is 8.11. The molecule has 3 heterocycles. The molecule has 4 rings (SSSR count). The predicted molar refractivity (Wildman–Crippen MR) is 107 cm³/mol. The van der Waals surface area contributed by atoms with Crippen LogP contribution >= 0.6 is 0 Å². The van der Waals surface area contributed by atoms with Crippen molar-refractivity contribution in [3.05, 3.63) is 70.8 Å². The molecule has 0 fully saturated rings. The van der Waals surface area contributed by atoms with Gasteiger partial charge in [0, 0.05) is 24.1 Å². The van der Waals surface area contributed by atoms with E-state index in [0.29, 0.717) is 36.2 Å². The fourth-order valence-corrected chi connectivity index (χ4v) is 2.81. The van der Waals surface area contributed by atoms with Crippen LogP contribution < -0.4 is 11.0 Å². The van der Waals surface area contributed by atoms with Crippen molar-refractivity contribution in [1.29, 1.82) is 0 Å². The maximum atomic E-state index is 11.8. The fourth-order valence-electron chi connectivity index (χ4n) is 2.81. The number of ether oxygens (including phenoxy) is 1. The summed E-state index contributed by atoms with van der Waals surface area (Å²) in [5, 5.41) is 7.16. The van der Waals surface area contributed by atoms with Gasteiger partial charge in [-0.1, -0.05) is 12.1 Å². The lowest BCUT2D eigenvalue weighted by atomic mass is 10.1. The van der Waals surface area contributed by atoms with Crippen molar-refractivity contribution in [3.63, 3.8) is 0 Å². The van der Waals surface area contributed by atoms with Gasteiger partial charge in [-0.2, -0.15) is 9.78 Å². The Bertz CT molecular complexity index is 1180. The number of hydrogen-bond acceptors (Lipinski definition) is 7. The van der Waals surface area contributed by atoms with Crippen LogP contribution in [0.1, 0.15) is 18.1 Å². The van der Waals surface area contributed by atoms with Gasteiger partial charge in [-0.05, 0) is 37.1 Å². The third-order valence-electron chi connectivity index (χ3n) is 4.33. The van der Waals surface area contributed by atoms with Gasteiger partial charge in [-0.15, -0.1) is 0 Å². The van der Waals surface area contributed by atoms with Gasteiger partial charge >= 0.3 is 5.69 Å². The van der Waals surface area contributed by atoms with Gasteiger partial charge in [-0.3, -0.25) is 9.97 Å². The second-order valence-corrected chi connectivity index (χ2v) is 6.38. The van der Waals surface area contributed by atoms with E-state index in [4.69, 9.17) is 9.15 Å². The predicted octanol–water partition coefficient (Wildman–Crippen LogP) is 3.20. The minimum absolute atomic E-state index is 0.341. The lowest BCUT2D eigenvalue weighted by Gasteiger charge is -2.09. The van der Waals surface area contributed by atoms with Crippen LogP contribution in [0.5, 0.6) is 0 Å². The largest absolute Gasteiger partial charge is 0.423 e. The quantitative estimate of drug-likeness (QED) is 0.497. The smallest absolute Gasteiger partial charge is 0.347 e. The van der Waals surface area contributed by atoms with Crippen LogP contribution in [0, 0.1) is 6.92 Å². The number of anilines is 2. The SMILES string of the molecule is CCOCc1ccc(C)c(Nc2ncc(-c3cncc(-n4nc[nH]c4=O)c3)o2)c1. The first-order chi connectivity index (χ1) is 14.1. The summed E-state index contributed by atoms with van der Waals surface area (Å²) in [5.41, 5.74) is 3.88. The number of H-pyrrole nitrogens is 1. The third kappa shape index (κ3) is 4.09. The number of pyridine rings is 1. The molecule has 0 atom stereocenters. The number of benzene rings is 1. The third-order valence-corrected chi connectivity index (χ3v) is 4.33. The van der Waals surface area contributed by atoms with Crippen LogP contribution in [0.4, 0.5) is 11.7 Å². The minimum Gasteiger partial charge on any atom is -0.423 e. The van der Waals surface area contributed by atoms with Gasteiger partial charge in [0.05, 0.1) is 24.7 Å². The van der Waals surface area contributed by atoms with Crippen LogP contribution in [-0.4, -0.2) is 31.3 Å². The van der Waals surface area contributed by atoms with Crippen molar-refractivity contribution in [2.24, 2.45) is 0 Å². The summed E-state index contributed by atoms with van der Waals surface area (Å²) >= 11 is 0. The molecule has 0 amide bonds. The van der Waals surface area contributed by atoms with Crippen molar-refractivity contribution in [3.8, 4) is 17.0 Å². The van der Waals surface area contributed by atoms with Crippen molar-refractivity contribution >= 4 is 11.7 Å². The van der Waals surface area contributed by atoms with Gasteiger partial charge in [0.1, 0.15) is 6.33 Å². The molecule has 1 aromatic carbocycles. The van der Waals surface area contributed by atoms with E-state index in [2.05, 4.69) is 25.4 Å². The van der Waals surface area contributed by atoms with E-state index in [1.165, 1.54) is 11.0 Å². The highest BCUT2D eigenvalue weighted by molar-refractivity contribution is 5.62. The number of nitrogens with zero attached hydrogens (tertiary/aromatic N) is 4. The maximum Gasteiger partial charge on any atom is 0.347 e. The molecule has 0 aliphatic carbocycles. The maximum absolute atomic E-state index is 11.8. The van der Waals surface area contributed by atoms with Crippen LogP contribution in [-0.2, 0) is 11.3 Å². The Morgan fingerprint density at radius 3 is 2.93 bits per heavy atom. The molecule has 0 saturated heterocycles. The molecule has 2 N–H and O–H groups in total. The highest BCUT2D eigenvalue weighted by Crippen LogP contribution is 2.27. The molecule has 9 heteroatoms. The molecule has 0 spiro atoms. The molecule has 148 valence electrons. The van der Waals surface area contributed by atoms with Gasteiger partial charge in [0.25, 0.3) is 6.01 Å². The van der Waals surface area contributed by atoms with E-state index >= 15 is 0 Å². The number of hydrogen-bond donors (Lipinski definition) is 2. The number of aromatic amines is 1. The average molecular weight is 392 g/mol. The zero-order chi connectivity index (χ0) is 20.2. The minimum atomic E-state index is -0.341. The Labute approximate surface area is 166 Å². The molecule has 29 heavy (non-hydrogen) atoms. The van der Waals surface area contributed by atoms with Crippen LogP contribution in [0.25, 0.3) is 17.0 Å². The molecule has 0 bridgehead atoms. The second-order valence-electron chi connectivity index (χ2n) is 6.38. The number of rotatable bonds is 7. The van der Waals surface area contributed by atoms with Crippen molar-refractivity contribution in [2.45, 2.75) is 20.5 Å². The van der Waals surface area contributed by atoms with Crippen molar-refractivity contribution in [2.75, 3.05) is 11.9 Å². The summed E-state index contributed by atoms with van der Waals surface area (Å²) in [6, 6.07) is 8.19. The molecule has 4 aromatic rings. The molecule has 3 aromatic heterocycles. The van der Waals surface area contributed by atoms with Crippen molar-refractivity contribution in [1.82, 2.24) is 24.7 Å². The van der Waals surface area contributed by atoms with Gasteiger partial charge < -0.3 is 14.5 Å². The zero-order valence-electron chi connectivity index (χ0n) is 16.0. The Morgan fingerprint density at radius 2 is 2.14 bits per heavy atom. The van der Waals surface area contributed by atoms with Gasteiger partial charge in [0.15, 0.2) is 5.76 Å². The number of aromatic nitrogens is 5. The van der Waals surface area contributed by atoms with E-state index in [-0.39, 0.29) is 5.69 Å². The Morgan fingerprint density at radius 1 is 1.24 bits per heavy atom. The standard InChI is InChI=1S/C20H20N6O3/c1-3-28-11-14-5-4-13(2)17(6-14)25-19-22-10-18(29-19)15-7-16(9-21-8-15)26-20(27)23-12-24-26/h4-10,12H,3,11H2,1-2H3,(H,22,25)(H,23,24,27). The van der Waals surface area contributed by atoms with E-state index in [0.717, 1.165) is 16.8 Å². The molecule has 0 unspecified atom stereocenters. The van der Waals surface area contributed by atoms with E-state index in [1.54, 1.807) is 24.7 Å². The highest BCUT2D eigenvalue weighted by Gasteiger charge is 2.11. The number of nitrogens with one attached hydrogen (secondary N) is 2. The molecule has 0 aliphatic rings. The molecular weight excluding hydrogens is 372 g/mol. The first-order valence-corrected chi connectivity index (χ1v) is 9.12. The topological polar surface area (TPSA) is 111 Å². The number of aryl methyl sites for hydroxylation is 1. The Hall–Kier alpha value is -3.72. The fraction of sp³-hybridized carbons (Fsp3) is 0.200. The molecule has 0 saturated carbocycles. The lowest BCUT2D eigenvalue weighted by molar-refractivity contribution is 0.134. The summed E-state index contributed by atoms with van der Waals surface area (Å²) in [6.07, 6.45) is 6.12. The van der Waals surface area contributed by atoms with Crippen molar-refractivity contribution < 1.29 is 9.15 Å². The van der Waals surface area contributed by atoms with Crippen LogP contribution in [0.3, 0.4) is 0 Å². The summed E-state index contributed by atoms with van der Waals surface area (Å²) in [5.74, 6) is 0.522. The van der Waals surface area contributed by atoms with E-state index < -0.39 is 0 Å². The molecule has 0 radical (unpaired) electrons. The summed E-state index contributed by atoms with van der Waals surface area (Å²) in [4.78, 5) is 22.7. The first kappa shape index (κ1) is 18.6. The normalized spacial score (nSPS) is 11.0. The molecule has 0 aliphatic heterocycles. The molecular formula is C20H20N6O3. The van der Waals surface area contributed by atoms with E-state index in [9.17, 15) is 4.79 Å².